The third-order valence-corrected chi connectivity index (χ3v) is 9.14. The van der Waals surface area contributed by atoms with Crippen molar-refractivity contribution < 1.29 is 40.6 Å². The number of hydrogen-bond acceptors (Lipinski definition) is 10. The fraction of sp³-hybridized carbons (Fsp3) is 0.571. The van der Waals surface area contributed by atoms with E-state index in [9.17, 15) is 31.5 Å². The molecule has 0 unspecified atom stereocenters. The smallest absolute Gasteiger partial charge is 0.408 e. The number of nitrogens with zero attached hydrogens (tertiary/aromatic N) is 7. The number of carbonyl (C=O) groups excluding carboxylic acids is 2. The van der Waals surface area contributed by atoms with Crippen LogP contribution in [0.1, 0.15) is 90.2 Å². The molecule has 7 rings (SSSR count). The van der Waals surface area contributed by atoms with Crippen molar-refractivity contribution in [2.45, 2.75) is 87.9 Å². The van der Waals surface area contributed by atoms with E-state index in [1.54, 1.807) is 12.3 Å². The van der Waals surface area contributed by atoms with Crippen LogP contribution in [0.15, 0.2) is 33.9 Å². The van der Waals surface area contributed by atoms with Crippen LogP contribution in [0.3, 0.4) is 0 Å². The van der Waals surface area contributed by atoms with E-state index in [4.69, 9.17) is 9.05 Å². The lowest BCUT2D eigenvalue weighted by atomic mass is 9.76. The van der Waals surface area contributed by atoms with Crippen molar-refractivity contribution in [2.24, 2.45) is 11.3 Å². The predicted molar refractivity (Wildman–Crippen MR) is 143 cm³/mol. The maximum absolute atomic E-state index is 14.1. The zero-order valence-electron chi connectivity index (χ0n) is 24.1. The van der Waals surface area contributed by atoms with Gasteiger partial charge < -0.3 is 15.1 Å². The minimum absolute atomic E-state index is 0.0129. The molecule has 3 aliphatic rings. The van der Waals surface area contributed by atoms with Crippen molar-refractivity contribution in [3.63, 3.8) is 0 Å². The Balaban J connectivity index is 1.18. The first-order chi connectivity index (χ1) is 21.9. The van der Waals surface area contributed by atoms with E-state index in [0.29, 0.717) is 17.0 Å². The molecule has 46 heavy (non-hydrogen) atoms. The van der Waals surface area contributed by atoms with Gasteiger partial charge in [0, 0.05) is 25.2 Å². The predicted octanol–water partition coefficient (Wildman–Crippen LogP) is 3.89. The van der Waals surface area contributed by atoms with Gasteiger partial charge in [0.25, 0.3) is 5.91 Å². The molecule has 3 fully saturated rings. The van der Waals surface area contributed by atoms with Gasteiger partial charge in [-0.1, -0.05) is 5.16 Å². The average Bonchev–Trinajstić information content (AvgIpc) is 3.37. The van der Waals surface area contributed by atoms with Gasteiger partial charge in [0.05, 0.1) is 29.5 Å². The molecule has 2 saturated carbocycles. The number of alkyl halides is 5. The molecule has 3 atom stereocenters. The van der Waals surface area contributed by atoms with Crippen LogP contribution in [-0.2, 0) is 17.6 Å². The number of aromatic nitrogens is 7. The van der Waals surface area contributed by atoms with Crippen molar-refractivity contribution in [2.75, 3.05) is 0 Å². The summed E-state index contributed by atoms with van der Waals surface area (Å²) >= 11 is 0. The van der Waals surface area contributed by atoms with Crippen molar-refractivity contribution in [1.82, 2.24) is 45.7 Å². The summed E-state index contributed by atoms with van der Waals surface area (Å²) in [6.07, 6.45) is -0.286. The van der Waals surface area contributed by atoms with Gasteiger partial charge in [-0.15, -0.1) is 10.2 Å². The first kappa shape index (κ1) is 30.2. The van der Waals surface area contributed by atoms with Crippen LogP contribution >= 0.6 is 0 Å². The van der Waals surface area contributed by atoms with Crippen molar-refractivity contribution in [3.05, 3.63) is 53.4 Å². The van der Waals surface area contributed by atoms with E-state index in [0.717, 1.165) is 19.2 Å². The highest BCUT2D eigenvalue weighted by atomic mass is 19.4. The van der Waals surface area contributed by atoms with E-state index in [1.807, 2.05) is 0 Å². The molecule has 4 aromatic rings. The third-order valence-electron chi connectivity index (χ3n) is 9.14. The molecule has 2 amide bonds. The summed E-state index contributed by atoms with van der Waals surface area (Å²) in [5.41, 5.74) is -0.0101. The molecule has 2 aliphatic carbocycles. The summed E-state index contributed by atoms with van der Waals surface area (Å²) in [4.78, 5) is 31.1. The lowest BCUT2D eigenvalue weighted by Crippen LogP contribution is -2.39. The first-order valence-corrected chi connectivity index (χ1v) is 14.9. The van der Waals surface area contributed by atoms with Gasteiger partial charge in [0.2, 0.25) is 24.1 Å². The second-order valence-corrected chi connectivity index (χ2v) is 12.5. The fourth-order valence-electron chi connectivity index (χ4n) is 6.56. The number of hydrogen-bond donors (Lipinski definition) is 2. The molecule has 0 aromatic carbocycles. The summed E-state index contributed by atoms with van der Waals surface area (Å²) in [5, 5.41) is 24.3. The molecule has 1 saturated heterocycles. The summed E-state index contributed by atoms with van der Waals surface area (Å²) in [6.45, 7) is 0. The van der Waals surface area contributed by atoms with E-state index in [1.165, 1.54) is 10.7 Å². The second-order valence-electron chi connectivity index (χ2n) is 12.5. The zero-order valence-corrected chi connectivity index (χ0v) is 24.1. The van der Waals surface area contributed by atoms with Crippen LogP contribution in [-0.4, -0.2) is 65.1 Å². The number of imidazole rings is 1. The van der Waals surface area contributed by atoms with E-state index in [2.05, 4.69) is 41.2 Å². The van der Waals surface area contributed by atoms with Crippen LogP contribution in [0.4, 0.5) is 22.0 Å². The molecule has 13 nitrogen and oxygen atoms in total. The Morgan fingerprint density at radius 1 is 1.15 bits per heavy atom. The molecule has 0 radical (unpaired) electrons. The van der Waals surface area contributed by atoms with Crippen LogP contribution in [0.5, 0.6) is 0 Å². The largest absolute Gasteiger partial charge is 0.428 e. The lowest BCUT2D eigenvalue weighted by molar-refractivity contribution is -0.155. The molecule has 18 heteroatoms. The van der Waals surface area contributed by atoms with Crippen LogP contribution < -0.4 is 10.6 Å². The zero-order chi connectivity index (χ0) is 32.3. The van der Waals surface area contributed by atoms with E-state index in [-0.39, 0.29) is 67.6 Å². The van der Waals surface area contributed by atoms with Gasteiger partial charge >= 0.3 is 6.18 Å². The monoisotopic (exact) mass is 649 g/mol. The summed E-state index contributed by atoms with van der Waals surface area (Å²) in [5.74, 6) is -4.46. The third kappa shape index (κ3) is 5.91. The van der Waals surface area contributed by atoms with E-state index >= 15 is 0 Å². The quantitative estimate of drug-likeness (QED) is 0.254. The Labute approximate surface area is 256 Å². The maximum atomic E-state index is 14.1. The maximum Gasteiger partial charge on any atom is 0.408 e. The molecule has 1 aliphatic heterocycles. The fourth-order valence-corrected chi connectivity index (χ4v) is 6.56. The Morgan fingerprint density at radius 3 is 2.61 bits per heavy atom. The summed E-state index contributed by atoms with van der Waals surface area (Å²) in [6, 6.07) is -1.25. The molecule has 244 valence electrons. The SMILES string of the molecule is O=C(N[C@H](c1cn2ncc(C[C@@]3(Cc4nnco4)C[C@@H](C(F)(F)F)NC3=O)cc2n1)C1CCC(F)(F)CC1)c1nonc1C1CC1. The molecule has 4 aromatic heterocycles. The average molecular weight is 650 g/mol. The Morgan fingerprint density at radius 2 is 1.93 bits per heavy atom. The van der Waals surface area contributed by atoms with Gasteiger partial charge in [0.15, 0.2) is 11.3 Å². The minimum atomic E-state index is -4.66. The van der Waals surface area contributed by atoms with Crippen molar-refractivity contribution in [1.29, 1.82) is 0 Å². The molecular weight excluding hydrogens is 621 g/mol. The van der Waals surface area contributed by atoms with Crippen LogP contribution in [0, 0.1) is 11.3 Å². The summed E-state index contributed by atoms with van der Waals surface area (Å²) < 4.78 is 80.5. The molecule has 2 N–H and O–H groups in total. The van der Waals surface area contributed by atoms with Gasteiger partial charge in [-0.05, 0) is 61.2 Å². The first-order valence-electron chi connectivity index (χ1n) is 14.9. The lowest BCUT2D eigenvalue weighted by Gasteiger charge is -2.33. The number of amides is 2. The van der Waals surface area contributed by atoms with Gasteiger partial charge in [-0.25, -0.2) is 22.9 Å². The Kier molecular flexibility index (Phi) is 7.26. The second kappa shape index (κ2) is 11.1. The topological polar surface area (TPSA) is 166 Å². The Hall–Kier alpha value is -4.51. The highest BCUT2D eigenvalue weighted by Crippen LogP contribution is 2.44. The number of halogens is 5. The van der Waals surface area contributed by atoms with Crippen molar-refractivity contribution in [3.8, 4) is 0 Å². The minimum Gasteiger partial charge on any atom is -0.428 e. The van der Waals surface area contributed by atoms with Crippen LogP contribution in [0.2, 0.25) is 0 Å². The van der Waals surface area contributed by atoms with Crippen molar-refractivity contribution >= 4 is 17.5 Å². The number of rotatable bonds is 9. The Bertz CT molecular complexity index is 1740. The normalized spacial score (nSPS) is 24.3. The number of carbonyl (C=O) groups is 2. The van der Waals surface area contributed by atoms with Gasteiger partial charge in [-0.2, -0.15) is 18.3 Å². The standard InChI is InChI=1S/C28H28F5N9O4/c29-27(30)5-3-16(4-6-27)21(38-24(43)23-22(15-1-2-15)40-46-41-23)17-12-42-19(36-17)7-14(11-35-42)8-26(10-20-39-34-13-45-20)9-18(28(31,32)33)37-25(26)44/h7,11-13,15-16,18,21H,1-6,8-10H2,(H,37,44)(H,38,43)/t18-,21-,26-/m0/s1. The van der Waals surface area contributed by atoms with Crippen LogP contribution in [0.25, 0.3) is 5.65 Å². The highest BCUT2D eigenvalue weighted by Gasteiger charge is 2.56. The number of nitrogens with one attached hydrogen (secondary N) is 2. The highest BCUT2D eigenvalue weighted by molar-refractivity contribution is 5.93. The van der Waals surface area contributed by atoms with Gasteiger partial charge in [0.1, 0.15) is 11.7 Å². The molecular formula is C28H28F5N9O4. The molecule has 0 bridgehead atoms. The molecule has 0 spiro atoms. The van der Waals surface area contributed by atoms with Gasteiger partial charge in [-0.3, -0.25) is 9.59 Å². The molecule has 5 heterocycles. The summed E-state index contributed by atoms with van der Waals surface area (Å²) in [7, 11) is 0. The number of fused-ring (bicyclic) bond motifs is 1. The van der Waals surface area contributed by atoms with E-state index < -0.39 is 47.8 Å².